The molecule has 2 atom stereocenters. The van der Waals surface area contributed by atoms with E-state index >= 15 is 0 Å². The summed E-state index contributed by atoms with van der Waals surface area (Å²) in [6, 6.07) is 21.5. The van der Waals surface area contributed by atoms with Gasteiger partial charge in [0, 0.05) is 12.1 Å². The van der Waals surface area contributed by atoms with Crippen LogP contribution in [0.15, 0.2) is 78.9 Å². The lowest BCUT2D eigenvalue weighted by Gasteiger charge is -2.26. The molecule has 0 aromatic heterocycles. The van der Waals surface area contributed by atoms with Crippen molar-refractivity contribution in [1.82, 2.24) is 0 Å². The predicted octanol–water partition coefficient (Wildman–Crippen LogP) is 5.12. The number of carboxylic acid groups (broad SMARTS) is 2. The smallest absolute Gasteiger partial charge is 0.308 e. The van der Waals surface area contributed by atoms with E-state index in [4.69, 9.17) is 9.84 Å². The predicted molar refractivity (Wildman–Crippen MR) is 118 cm³/mol. The third-order valence-electron chi connectivity index (χ3n) is 5.04. The van der Waals surface area contributed by atoms with Crippen molar-refractivity contribution in [1.29, 1.82) is 0 Å². The number of nitrogens with one attached hydrogen (secondary N) is 1. The molecule has 0 bridgehead atoms. The van der Waals surface area contributed by atoms with Gasteiger partial charge in [0.1, 0.15) is 18.2 Å². The minimum absolute atomic E-state index is 0.0597. The first-order chi connectivity index (χ1) is 15.4. The van der Waals surface area contributed by atoms with E-state index in [0.717, 1.165) is 5.56 Å². The fourth-order valence-electron chi connectivity index (χ4n) is 3.37. The molecule has 0 saturated carbocycles. The first-order valence-corrected chi connectivity index (χ1v) is 10.2. The van der Waals surface area contributed by atoms with Gasteiger partial charge in [0.25, 0.3) is 0 Å². The molecule has 0 fully saturated rings. The summed E-state index contributed by atoms with van der Waals surface area (Å²) in [7, 11) is 0. The monoisotopic (exact) mass is 437 g/mol. The van der Waals surface area contributed by atoms with Gasteiger partial charge in [-0.3, -0.25) is 9.59 Å². The van der Waals surface area contributed by atoms with Crippen LogP contribution in [0.4, 0.5) is 10.1 Å². The van der Waals surface area contributed by atoms with Crippen molar-refractivity contribution in [2.24, 2.45) is 5.92 Å². The molecule has 2 unspecified atom stereocenters. The Balaban J connectivity index is 1.81. The van der Waals surface area contributed by atoms with Crippen LogP contribution >= 0.6 is 0 Å². The number of benzene rings is 3. The van der Waals surface area contributed by atoms with Crippen molar-refractivity contribution in [3.63, 3.8) is 0 Å². The Morgan fingerprint density at radius 1 is 0.906 bits per heavy atom. The highest BCUT2D eigenvalue weighted by Crippen LogP contribution is 2.31. The molecule has 3 aromatic rings. The number of hydrogen-bond acceptors (Lipinski definition) is 4. The molecule has 32 heavy (non-hydrogen) atoms. The van der Waals surface area contributed by atoms with E-state index < -0.39 is 29.7 Å². The molecule has 0 heterocycles. The molecule has 6 nitrogen and oxygen atoms in total. The number of rotatable bonds is 11. The van der Waals surface area contributed by atoms with Gasteiger partial charge in [0.05, 0.1) is 12.0 Å². The molecule has 3 aromatic carbocycles. The normalized spacial score (nSPS) is 12.5. The van der Waals surface area contributed by atoms with Gasteiger partial charge in [0.15, 0.2) is 0 Å². The van der Waals surface area contributed by atoms with Crippen LogP contribution in [-0.4, -0.2) is 22.2 Å². The van der Waals surface area contributed by atoms with Gasteiger partial charge in [-0.1, -0.05) is 42.5 Å². The zero-order valence-corrected chi connectivity index (χ0v) is 17.3. The Bertz CT molecular complexity index is 1020. The molecule has 0 radical (unpaired) electrons. The minimum Gasteiger partial charge on any atom is -0.489 e. The topological polar surface area (TPSA) is 95.9 Å². The van der Waals surface area contributed by atoms with Crippen LogP contribution in [0.1, 0.15) is 30.0 Å². The Morgan fingerprint density at radius 2 is 1.56 bits per heavy atom. The van der Waals surface area contributed by atoms with Gasteiger partial charge in [-0.2, -0.15) is 0 Å². The zero-order chi connectivity index (χ0) is 22.9. The molecule has 0 aliphatic rings. The van der Waals surface area contributed by atoms with Crippen LogP contribution < -0.4 is 10.1 Å². The average Bonchev–Trinajstić information content (AvgIpc) is 2.79. The molecule has 0 saturated heterocycles. The van der Waals surface area contributed by atoms with Gasteiger partial charge < -0.3 is 20.3 Å². The second-order valence-corrected chi connectivity index (χ2v) is 7.35. The summed E-state index contributed by atoms with van der Waals surface area (Å²) >= 11 is 0. The summed E-state index contributed by atoms with van der Waals surface area (Å²) in [6.07, 6.45) is -0.341. The third kappa shape index (κ3) is 6.57. The second kappa shape index (κ2) is 10.9. The SMILES string of the molecule is O=C(O)CCC(C(=O)O)C(Nc1ccc(F)cc1)c1ccc(OCc2ccccc2)cc1. The summed E-state index contributed by atoms with van der Waals surface area (Å²) in [5, 5.41) is 21.9. The first-order valence-electron chi connectivity index (χ1n) is 10.2. The van der Waals surface area contributed by atoms with E-state index in [1.807, 2.05) is 30.3 Å². The second-order valence-electron chi connectivity index (χ2n) is 7.35. The maximum absolute atomic E-state index is 13.3. The van der Waals surface area contributed by atoms with E-state index in [0.29, 0.717) is 23.6 Å². The van der Waals surface area contributed by atoms with Crippen molar-refractivity contribution in [2.45, 2.75) is 25.5 Å². The highest BCUT2D eigenvalue weighted by Gasteiger charge is 2.30. The molecular formula is C25H24FNO5. The van der Waals surface area contributed by atoms with Gasteiger partial charge >= 0.3 is 11.9 Å². The van der Waals surface area contributed by atoms with Crippen molar-refractivity contribution in [3.8, 4) is 5.75 Å². The summed E-state index contributed by atoms with van der Waals surface area (Å²) in [4.78, 5) is 23.0. The lowest BCUT2D eigenvalue weighted by molar-refractivity contribution is -0.143. The maximum Gasteiger partial charge on any atom is 0.308 e. The van der Waals surface area contributed by atoms with Gasteiger partial charge in [0.2, 0.25) is 0 Å². The van der Waals surface area contributed by atoms with Crippen molar-refractivity contribution in [3.05, 3.63) is 95.8 Å². The van der Waals surface area contributed by atoms with Crippen LogP contribution in [0.25, 0.3) is 0 Å². The standard InChI is InChI=1S/C25H24FNO5/c26-19-8-10-20(11-9-19)27-24(22(25(30)31)14-15-23(28)29)18-6-12-21(13-7-18)32-16-17-4-2-1-3-5-17/h1-13,22,24,27H,14-16H2,(H,28,29)(H,30,31). The van der Waals surface area contributed by atoms with Crippen LogP contribution in [0.3, 0.4) is 0 Å². The number of halogens is 1. The Labute approximate surface area is 185 Å². The van der Waals surface area contributed by atoms with Crippen molar-refractivity contribution >= 4 is 17.6 Å². The Hall–Kier alpha value is -3.87. The third-order valence-corrected chi connectivity index (χ3v) is 5.04. The van der Waals surface area contributed by atoms with Crippen LogP contribution in [-0.2, 0) is 16.2 Å². The van der Waals surface area contributed by atoms with Crippen molar-refractivity contribution < 1.29 is 28.9 Å². The van der Waals surface area contributed by atoms with Crippen LogP contribution in [0, 0.1) is 11.7 Å². The molecule has 0 aliphatic heterocycles. The summed E-state index contributed by atoms with van der Waals surface area (Å²) in [6.45, 7) is 0.397. The summed E-state index contributed by atoms with van der Waals surface area (Å²) in [5.41, 5.74) is 2.20. The van der Waals surface area contributed by atoms with Gasteiger partial charge in [-0.25, -0.2) is 4.39 Å². The fraction of sp³-hybridized carbons (Fsp3) is 0.200. The molecule has 166 valence electrons. The van der Waals surface area contributed by atoms with E-state index in [-0.39, 0.29) is 12.8 Å². The Morgan fingerprint density at radius 3 is 2.16 bits per heavy atom. The number of carbonyl (C=O) groups is 2. The van der Waals surface area contributed by atoms with E-state index in [1.54, 1.807) is 24.3 Å². The first kappa shape index (κ1) is 22.8. The van der Waals surface area contributed by atoms with Crippen LogP contribution in [0.5, 0.6) is 5.75 Å². The molecular weight excluding hydrogens is 413 g/mol. The molecule has 7 heteroatoms. The number of anilines is 1. The van der Waals surface area contributed by atoms with Crippen LogP contribution in [0.2, 0.25) is 0 Å². The minimum atomic E-state index is -1.12. The highest BCUT2D eigenvalue weighted by atomic mass is 19.1. The molecule has 0 amide bonds. The lowest BCUT2D eigenvalue weighted by atomic mass is 9.89. The van der Waals surface area contributed by atoms with E-state index in [9.17, 15) is 19.1 Å². The number of hydrogen-bond donors (Lipinski definition) is 3. The number of ether oxygens (including phenoxy) is 1. The number of carboxylic acids is 2. The summed E-state index contributed by atoms with van der Waals surface area (Å²) in [5.74, 6) is -2.98. The largest absolute Gasteiger partial charge is 0.489 e. The maximum atomic E-state index is 13.3. The molecule has 3 N–H and O–H groups in total. The van der Waals surface area contributed by atoms with Gasteiger partial charge in [-0.15, -0.1) is 0 Å². The average molecular weight is 437 g/mol. The highest BCUT2D eigenvalue weighted by molar-refractivity contribution is 5.74. The molecule has 0 aliphatic carbocycles. The van der Waals surface area contributed by atoms with Gasteiger partial charge in [-0.05, 0) is 53.9 Å². The zero-order valence-electron chi connectivity index (χ0n) is 17.3. The fourth-order valence-corrected chi connectivity index (χ4v) is 3.37. The Kier molecular flexibility index (Phi) is 7.80. The lowest BCUT2D eigenvalue weighted by Crippen LogP contribution is -2.28. The van der Waals surface area contributed by atoms with Crippen molar-refractivity contribution in [2.75, 3.05) is 5.32 Å². The molecule has 0 spiro atoms. The van der Waals surface area contributed by atoms with E-state index in [1.165, 1.54) is 24.3 Å². The summed E-state index contributed by atoms with van der Waals surface area (Å²) < 4.78 is 19.1. The quantitative estimate of drug-likeness (QED) is 0.385. The number of aliphatic carboxylic acids is 2. The van der Waals surface area contributed by atoms with E-state index in [2.05, 4.69) is 5.32 Å². The molecule has 3 rings (SSSR count).